The first-order chi connectivity index (χ1) is 19.7. The number of carbonyl (C=O) groups is 5. The summed E-state index contributed by atoms with van der Waals surface area (Å²) < 4.78 is 15.8. The zero-order valence-electron chi connectivity index (χ0n) is 23.0. The maximum atomic E-state index is 12.5. The molecule has 0 aromatic heterocycles. The van der Waals surface area contributed by atoms with Gasteiger partial charge in [0.1, 0.15) is 25.9 Å². The van der Waals surface area contributed by atoms with Crippen LogP contribution in [0.1, 0.15) is 5.56 Å². The third-order valence-electron chi connectivity index (χ3n) is 6.44. The van der Waals surface area contributed by atoms with Crippen LogP contribution in [0.4, 0.5) is 21.0 Å². The molecule has 218 valence electrons. The van der Waals surface area contributed by atoms with Gasteiger partial charge in [0, 0.05) is 31.5 Å². The van der Waals surface area contributed by atoms with E-state index in [1.807, 2.05) is 30.3 Å². The Kier molecular flexibility index (Phi) is 9.87. The zero-order valence-corrected chi connectivity index (χ0v) is 23.0. The molecule has 2 aromatic carbocycles. The van der Waals surface area contributed by atoms with Crippen LogP contribution in [0.5, 0.6) is 0 Å². The second kappa shape index (κ2) is 13.7. The van der Waals surface area contributed by atoms with E-state index in [9.17, 15) is 24.0 Å². The molecule has 2 aliphatic heterocycles. The molecule has 5 amide bonds. The summed E-state index contributed by atoms with van der Waals surface area (Å²) in [6, 6.07) is 16.2. The minimum Gasteiger partial charge on any atom is -0.445 e. The Bertz CT molecular complexity index is 1260. The molecule has 0 radical (unpaired) electrons. The number of carbonyl (C=O) groups excluding carboxylic acids is 5. The van der Waals surface area contributed by atoms with E-state index in [4.69, 9.17) is 14.2 Å². The van der Waals surface area contributed by atoms with Crippen molar-refractivity contribution >= 4 is 41.3 Å². The highest BCUT2D eigenvalue weighted by atomic mass is 16.6. The molecular weight excluding hydrogens is 534 g/mol. The molecule has 2 saturated heterocycles. The maximum absolute atomic E-state index is 12.5. The number of ether oxygens (including phenoxy) is 3. The third kappa shape index (κ3) is 8.25. The van der Waals surface area contributed by atoms with Crippen LogP contribution < -0.4 is 15.1 Å². The molecule has 2 aliphatic rings. The number of nitrogens with one attached hydrogen (secondary N) is 1. The van der Waals surface area contributed by atoms with Crippen molar-refractivity contribution < 1.29 is 38.2 Å². The number of rotatable bonds is 10. The predicted molar refractivity (Wildman–Crippen MR) is 147 cm³/mol. The predicted octanol–water partition coefficient (Wildman–Crippen LogP) is 1.22. The Morgan fingerprint density at radius 3 is 2.29 bits per heavy atom. The number of nitrogens with zero attached hydrogens (tertiary/aromatic N) is 4. The molecule has 0 bridgehead atoms. The smallest absolute Gasteiger partial charge is 0.414 e. The first-order valence-electron chi connectivity index (χ1n) is 13.1. The number of benzene rings is 2. The SMILES string of the molecule is CN(CC(=O)NC(=O)CN(C)C(=O)OCc1ccccc1)C[C@H]1CN(c2ccc(N3CCOCC3=O)cc2)C(=O)O1. The molecule has 1 atom stereocenters. The van der Waals surface area contributed by atoms with Crippen molar-refractivity contribution in [3.05, 3.63) is 60.2 Å². The molecule has 2 heterocycles. The van der Waals surface area contributed by atoms with Gasteiger partial charge in [0.05, 0.1) is 19.7 Å². The van der Waals surface area contributed by atoms with Gasteiger partial charge in [-0.2, -0.15) is 0 Å². The molecular formula is C28H33N5O8. The lowest BCUT2D eigenvalue weighted by atomic mass is 10.2. The second-order valence-corrected chi connectivity index (χ2v) is 9.80. The Hall–Kier alpha value is -4.49. The number of imide groups is 1. The first-order valence-corrected chi connectivity index (χ1v) is 13.1. The van der Waals surface area contributed by atoms with Gasteiger partial charge < -0.3 is 24.0 Å². The van der Waals surface area contributed by atoms with Crippen molar-refractivity contribution in [2.24, 2.45) is 0 Å². The molecule has 41 heavy (non-hydrogen) atoms. The average Bonchev–Trinajstić information content (AvgIpc) is 3.31. The van der Waals surface area contributed by atoms with Crippen molar-refractivity contribution in [3.63, 3.8) is 0 Å². The van der Waals surface area contributed by atoms with Crippen LogP contribution in [0.3, 0.4) is 0 Å². The van der Waals surface area contributed by atoms with Crippen molar-refractivity contribution in [1.29, 1.82) is 0 Å². The average molecular weight is 568 g/mol. The molecule has 13 heteroatoms. The molecule has 0 spiro atoms. The van der Waals surface area contributed by atoms with E-state index in [0.717, 1.165) is 16.2 Å². The summed E-state index contributed by atoms with van der Waals surface area (Å²) in [6.07, 6.45) is -1.70. The summed E-state index contributed by atoms with van der Waals surface area (Å²) in [7, 11) is 3.07. The number of anilines is 2. The summed E-state index contributed by atoms with van der Waals surface area (Å²) in [5.41, 5.74) is 2.16. The van der Waals surface area contributed by atoms with E-state index in [1.54, 1.807) is 41.1 Å². The fourth-order valence-electron chi connectivity index (χ4n) is 4.43. The van der Waals surface area contributed by atoms with Gasteiger partial charge in [-0.25, -0.2) is 9.59 Å². The van der Waals surface area contributed by atoms with Gasteiger partial charge in [-0.1, -0.05) is 30.3 Å². The highest BCUT2D eigenvalue weighted by Gasteiger charge is 2.33. The van der Waals surface area contributed by atoms with Crippen LogP contribution in [0.25, 0.3) is 0 Å². The lowest BCUT2D eigenvalue weighted by Gasteiger charge is -2.27. The van der Waals surface area contributed by atoms with Crippen LogP contribution in [-0.2, 0) is 35.2 Å². The van der Waals surface area contributed by atoms with E-state index >= 15 is 0 Å². The highest BCUT2D eigenvalue weighted by Crippen LogP contribution is 2.26. The highest BCUT2D eigenvalue weighted by molar-refractivity contribution is 5.98. The molecule has 0 aliphatic carbocycles. The van der Waals surface area contributed by atoms with Crippen LogP contribution in [0.15, 0.2) is 54.6 Å². The van der Waals surface area contributed by atoms with E-state index in [-0.39, 0.29) is 45.3 Å². The third-order valence-corrected chi connectivity index (χ3v) is 6.44. The number of hydrogen-bond acceptors (Lipinski definition) is 9. The van der Waals surface area contributed by atoms with E-state index in [0.29, 0.717) is 18.8 Å². The van der Waals surface area contributed by atoms with E-state index in [1.165, 1.54) is 11.9 Å². The number of likely N-dealkylation sites (N-methyl/N-ethyl adjacent to an activating group) is 2. The Morgan fingerprint density at radius 1 is 0.951 bits per heavy atom. The number of morpholine rings is 1. The molecule has 2 fully saturated rings. The summed E-state index contributed by atoms with van der Waals surface area (Å²) >= 11 is 0. The van der Waals surface area contributed by atoms with Crippen LogP contribution >= 0.6 is 0 Å². The number of hydrogen-bond donors (Lipinski definition) is 1. The Labute approximate surface area is 237 Å². The fourth-order valence-corrected chi connectivity index (χ4v) is 4.43. The summed E-state index contributed by atoms with van der Waals surface area (Å²) in [4.78, 5) is 67.1. The lowest BCUT2D eigenvalue weighted by molar-refractivity contribution is -0.131. The quantitative estimate of drug-likeness (QED) is 0.449. The molecule has 0 unspecified atom stereocenters. The number of amides is 5. The Balaban J connectivity index is 1.18. The van der Waals surface area contributed by atoms with E-state index < -0.39 is 30.1 Å². The normalized spacial score (nSPS) is 16.9. The second-order valence-electron chi connectivity index (χ2n) is 9.80. The van der Waals surface area contributed by atoms with Gasteiger partial charge in [-0.3, -0.25) is 29.5 Å². The Morgan fingerprint density at radius 2 is 1.61 bits per heavy atom. The van der Waals surface area contributed by atoms with Gasteiger partial charge in [-0.05, 0) is 36.9 Å². The minimum absolute atomic E-state index is 0.0441. The zero-order chi connectivity index (χ0) is 29.4. The molecule has 13 nitrogen and oxygen atoms in total. The number of cyclic esters (lactones) is 1. The van der Waals surface area contributed by atoms with Crippen LogP contribution in [0, 0.1) is 0 Å². The first kappa shape index (κ1) is 29.5. The van der Waals surface area contributed by atoms with Crippen molar-refractivity contribution in [2.75, 3.05) is 69.8 Å². The van der Waals surface area contributed by atoms with Gasteiger partial charge in [0.15, 0.2) is 0 Å². The van der Waals surface area contributed by atoms with Crippen molar-refractivity contribution in [2.45, 2.75) is 12.7 Å². The lowest BCUT2D eigenvalue weighted by Crippen LogP contribution is -2.45. The molecule has 0 saturated carbocycles. The van der Waals surface area contributed by atoms with Crippen molar-refractivity contribution in [1.82, 2.24) is 15.1 Å². The van der Waals surface area contributed by atoms with E-state index in [2.05, 4.69) is 5.32 Å². The van der Waals surface area contributed by atoms with Gasteiger partial charge in [0.2, 0.25) is 11.8 Å². The van der Waals surface area contributed by atoms with Crippen LogP contribution in [0.2, 0.25) is 0 Å². The molecule has 1 N–H and O–H groups in total. The molecule has 4 rings (SSSR count). The topological polar surface area (TPSA) is 138 Å². The fraction of sp³-hybridized carbons (Fsp3) is 0.393. The van der Waals surface area contributed by atoms with Gasteiger partial charge >= 0.3 is 12.2 Å². The largest absolute Gasteiger partial charge is 0.445 e. The standard InChI is InChI=1S/C28H33N5O8/c1-30(16-24(34)29-25(35)17-31(2)27(37)40-18-20-6-4-3-5-7-20)14-23-15-33(28(38)41-23)22-10-8-21(9-11-22)32-12-13-39-19-26(32)36/h3-11,23H,12-19H2,1-2H3,(H,29,34,35)/t23-/m0/s1. The molecule has 2 aromatic rings. The monoisotopic (exact) mass is 567 g/mol. The van der Waals surface area contributed by atoms with Gasteiger partial charge in [-0.15, -0.1) is 0 Å². The minimum atomic E-state index is -0.689. The summed E-state index contributed by atoms with van der Waals surface area (Å²) in [5, 5.41) is 2.25. The summed E-state index contributed by atoms with van der Waals surface area (Å²) in [5.74, 6) is -1.33. The maximum Gasteiger partial charge on any atom is 0.414 e. The summed E-state index contributed by atoms with van der Waals surface area (Å²) in [6.45, 7) is 1.11. The van der Waals surface area contributed by atoms with Crippen LogP contribution in [-0.4, -0.2) is 106 Å². The van der Waals surface area contributed by atoms with Crippen molar-refractivity contribution in [3.8, 4) is 0 Å². The van der Waals surface area contributed by atoms with Gasteiger partial charge in [0.25, 0.3) is 5.91 Å².